The van der Waals surface area contributed by atoms with Crippen LogP contribution in [0.5, 0.6) is 0 Å². The minimum absolute atomic E-state index is 0.207. The minimum Gasteiger partial charge on any atom is -0.311 e. The van der Waals surface area contributed by atoms with Gasteiger partial charge in [-0.25, -0.2) is 0 Å². The summed E-state index contributed by atoms with van der Waals surface area (Å²) < 4.78 is 0. The van der Waals surface area contributed by atoms with E-state index in [1.165, 1.54) is 28.7 Å². The van der Waals surface area contributed by atoms with Crippen molar-refractivity contribution in [3.63, 3.8) is 0 Å². The lowest BCUT2D eigenvalue weighted by atomic mass is 9.82. The number of benzene rings is 3. The van der Waals surface area contributed by atoms with E-state index in [1.807, 2.05) is 0 Å². The molecule has 0 aliphatic heterocycles. The maximum absolute atomic E-state index is 2.58. The van der Waals surface area contributed by atoms with Gasteiger partial charge in [0.05, 0.1) is 0 Å². The van der Waals surface area contributed by atoms with Crippen molar-refractivity contribution in [1.82, 2.24) is 0 Å². The molecular formula is C42H37N. The number of para-hydroxylation sites is 2. The SMILES string of the molecule is C1=CCC=C(/C(=C\C23C=CC=CC2C3)C2C=CC(/C=C/c3ccc(N(c4ccccc4)c4ccccc4)cc3)=CC2)C=C1. The summed E-state index contributed by atoms with van der Waals surface area (Å²) >= 11 is 0. The summed E-state index contributed by atoms with van der Waals surface area (Å²) in [6.07, 6.45) is 37.9. The molecule has 3 unspecified atom stereocenters. The van der Waals surface area contributed by atoms with Gasteiger partial charge in [0.25, 0.3) is 0 Å². The lowest BCUT2D eigenvalue weighted by Crippen LogP contribution is -2.09. The molecular weight excluding hydrogens is 518 g/mol. The number of fused-ring (bicyclic) bond motifs is 1. The van der Waals surface area contributed by atoms with Gasteiger partial charge in [-0.2, -0.15) is 0 Å². The van der Waals surface area contributed by atoms with Crippen LogP contribution in [-0.4, -0.2) is 0 Å². The topological polar surface area (TPSA) is 3.24 Å². The minimum atomic E-state index is 0.207. The highest BCUT2D eigenvalue weighted by molar-refractivity contribution is 5.77. The number of anilines is 3. The Morgan fingerprint density at radius 3 is 2.14 bits per heavy atom. The van der Waals surface area contributed by atoms with E-state index >= 15 is 0 Å². The van der Waals surface area contributed by atoms with Crippen molar-refractivity contribution in [1.29, 1.82) is 0 Å². The Labute approximate surface area is 256 Å². The van der Waals surface area contributed by atoms with E-state index in [2.05, 4.69) is 181 Å². The largest absolute Gasteiger partial charge is 0.311 e. The summed E-state index contributed by atoms with van der Waals surface area (Å²) in [6.45, 7) is 0. The van der Waals surface area contributed by atoms with Crippen LogP contribution in [0.3, 0.4) is 0 Å². The van der Waals surface area contributed by atoms with Crippen LogP contribution in [0.1, 0.15) is 24.8 Å². The molecule has 1 nitrogen and oxygen atoms in total. The molecule has 3 atom stereocenters. The molecule has 3 aromatic rings. The van der Waals surface area contributed by atoms with E-state index in [0.717, 1.165) is 29.9 Å². The predicted octanol–water partition coefficient (Wildman–Crippen LogP) is 11.2. The third-order valence-electron chi connectivity index (χ3n) is 8.90. The van der Waals surface area contributed by atoms with Crippen LogP contribution in [0.2, 0.25) is 0 Å². The molecule has 1 fully saturated rings. The average molecular weight is 556 g/mol. The van der Waals surface area contributed by atoms with Crippen molar-refractivity contribution in [3.8, 4) is 0 Å². The first-order valence-electron chi connectivity index (χ1n) is 15.5. The molecule has 210 valence electrons. The average Bonchev–Trinajstić information content (AvgIpc) is 3.85. The van der Waals surface area contributed by atoms with Crippen LogP contribution in [0.25, 0.3) is 6.08 Å². The van der Waals surface area contributed by atoms with Gasteiger partial charge in [-0.1, -0.05) is 140 Å². The number of hydrogen-bond donors (Lipinski definition) is 0. The summed E-state index contributed by atoms with van der Waals surface area (Å²) in [5.41, 5.74) is 8.95. The highest BCUT2D eigenvalue weighted by Gasteiger charge is 2.50. The fourth-order valence-electron chi connectivity index (χ4n) is 6.41. The van der Waals surface area contributed by atoms with E-state index in [4.69, 9.17) is 0 Å². The molecule has 1 heteroatoms. The third-order valence-corrected chi connectivity index (χ3v) is 8.90. The molecule has 3 aromatic carbocycles. The summed E-state index contributed by atoms with van der Waals surface area (Å²) in [7, 11) is 0. The first-order chi connectivity index (χ1) is 21.3. The van der Waals surface area contributed by atoms with Crippen molar-refractivity contribution < 1.29 is 0 Å². The Hall–Kier alpha value is -4.88. The molecule has 0 bridgehead atoms. The molecule has 0 spiro atoms. The highest BCUT2D eigenvalue weighted by atomic mass is 15.1. The number of hydrogen-bond acceptors (Lipinski definition) is 1. The molecule has 0 N–H and O–H groups in total. The zero-order chi connectivity index (χ0) is 28.9. The second-order valence-electron chi connectivity index (χ2n) is 11.8. The predicted molar refractivity (Wildman–Crippen MR) is 183 cm³/mol. The summed E-state index contributed by atoms with van der Waals surface area (Å²) in [6, 6.07) is 29.9. The van der Waals surface area contributed by atoms with Gasteiger partial charge in [0.2, 0.25) is 0 Å². The molecule has 1 saturated carbocycles. The monoisotopic (exact) mass is 555 g/mol. The van der Waals surface area contributed by atoms with Crippen molar-refractivity contribution >= 4 is 23.1 Å². The lowest BCUT2D eigenvalue weighted by molar-refractivity contribution is 0.721. The van der Waals surface area contributed by atoms with Gasteiger partial charge in [-0.15, -0.1) is 0 Å². The van der Waals surface area contributed by atoms with Crippen LogP contribution in [-0.2, 0) is 0 Å². The first-order valence-corrected chi connectivity index (χ1v) is 15.5. The van der Waals surface area contributed by atoms with Crippen LogP contribution < -0.4 is 4.90 Å². The molecule has 0 aromatic heterocycles. The van der Waals surface area contributed by atoms with Crippen molar-refractivity contribution in [2.24, 2.45) is 17.3 Å². The normalized spacial score (nSPS) is 24.0. The maximum atomic E-state index is 2.58. The number of nitrogens with zero attached hydrogens (tertiary/aromatic N) is 1. The molecule has 0 radical (unpaired) electrons. The van der Waals surface area contributed by atoms with Gasteiger partial charge in [0.1, 0.15) is 0 Å². The molecule has 0 heterocycles. The Kier molecular flexibility index (Phi) is 7.63. The summed E-state index contributed by atoms with van der Waals surface area (Å²) in [4.78, 5) is 2.29. The van der Waals surface area contributed by atoms with E-state index in [0.29, 0.717) is 11.8 Å². The second-order valence-corrected chi connectivity index (χ2v) is 11.8. The molecule has 4 aliphatic carbocycles. The fraction of sp³-hybridized carbons (Fsp3) is 0.143. The first kappa shape index (κ1) is 27.0. The van der Waals surface area contributed by atoms with Crippen LogP contribution in [0.4, 0.5) is 17.1 Å². The Bertz CT molecular complexity index is 1680. The van der Waals surface area contributed by atoms with Crippen molar-refractivity contribution in [2.75, 3.05) is 4.90 Å². The van der Waals surface area contributed by atoms with Crippen LogP contribution in [0, 0.1) is 17.3 Å². The van der Waals surface area contributed by atoms with Gasteiger partial charge in [0.15, 0.2) is 0 Å². The van der Waals surface area contributed by atoms with E-state index in [9.17, 15) is 0 Å². The Morgan fingerprint density at radius 2 is 1.44 bits per heavy atom. The lowest BCUT2D eigenvalue weighted by Gasteiger charge is -2.25. The highest BCUT2D eigenvalue weighted by Crippen LogP contribution is 2.58. The zero-order valence-electron chi connectivity index (χ0n) is 24.5. The summed E-state index contributed by atoms with van der Waals surface area (Å²) in [5, 5.41) is 0. The van der Waals surface area contributed by atoms with Gasteiger partial charge >= 0.3 is 0 Å². The Morgan fingerprint density at radius 1 is 0.698 bits per heavy atom. The van der Waals surface area contributed by atoms with Crippen molar-refractivity contribution in [3.05, 3.63) is 192 Å². The standard InChI is InChI=1S/C42H37N/c1-2-6-14-35(13-5-1)41(32-42-30-12-11-15-37(42)31-42)36-26-22-33(23-27-36)20-21-34-24-28-40(29-25-34)43(38-16-7-3-8-17-38)39-18-9-4-10-19-39/h1-5,7-26,28-30,32,36-37H,6,27,31H2/b21-20+,41-32+. The second kappa shape index (κ2) is 12.2. The maximum Gasteiger partial charge on any atom is 0.0462 e. The Balaban J connectivity index is 1.07. The molecule has 0 amide bonds. The van der Waals surface area contributed by atoms with Gasteiger partial charge < -0.3 is 4.90 Å². The zero-order valence-corrected chi connectivity index (χ0v) is 24.5. The number of allylic oxidation sites excluding steroid dienone is 17. The van der Waals surface area contributed by atoms with Gasteiger partial charge in [-0.05, 0) is 83.9 Å². The van der Waals surface area contributed by atoms with E-state index < -0.39 is 0 Å². The third kappa shape index (κ3) is 6.03. The van der Waals surface area contributed by atoms with Gasteiger partial charge in [-0.3, -0.25) is 0 Å². The van der Waals surface area contributed by atoms with Gasteiger partial charge in [0, 0.05) is 28.4 Å². The smallest absolute Gasteiger partial charge is 0.0462 e. The van der Waals surface area contributed by atoms with Crippen LogP contribution in [0.15, 0.2) is 187 Å². The van der Waals surface area contributed by atoms with Crippen molar-refractivity contribution in [2.45, 2.75) is 19.3 Å². The quantitative estimate of drug-likeness (QED) is 0.267. The number of rotatable bonds is 8. The molecule has 43 heavy (non-hydrogen) atoms. The van der Waals surface area contributed by atoms with E-state index in [1.54, 1.807) is 0 Å². The van der Waals surface area contributed by atoms with Crippen LogP contribution >= 0.6 is 0 Å². The summed E-state index contributed by atoms with van der Waals surface area (Å²) in [5.74, 6) is 1.05. The van der Waals surface area contributed by atoms with E-state index in [-0.39, 0.29) is 5.41 Å². The molecule has 4 aliphatic rings. The molecule has 7 rings (SSSR count). The fourth-order valence-corrected chi connectivity index (χ4v) is 6.41. The molecule has 0 saturated heterocycles.